The molecule has 19 heavy (non-hydrogen) atoms. The second-order valence-corrected chi connectivity index (χ2v) is 4.67. The van der Waals surface area contributed by atoms with Crippen molar-refractivity contribution in [1.82, 2.24) is 5.32 Å². The quantitative estimate of drug-likeness (QED) is 0.863. The van der Waals surface area contributed by atoms with Gasteiger partial charge >= 0.3 is 12.2 Å². The average Bonchev–Trinajstić information content (AvgIpc) is 2.27. The van der Waals surface area contributed by atoms with Crippen molar-refractivity contribution < 1.29 is 18.0 Å². The summed E-state index contributed by atoms with van der Waals surface area (Å²) in [5, 5.41) is 4.82. The summed E-state index contributed by atoms with van der Waals surface area (Å²) >= 11 is 0. The van der Waals surface area contributed by atoms with E-state index in [0.717, 1.165) is 6.07 Å². The number of alkyl halides is 3. The van der Waals surface area contributed by atoms with Gasteiger partial charge in [-0.15, -0.1) is 0 Å². The molecule has 0 heterocycles. The lowest BCUT2D eigenvalue weighted by Gasteiger charge is -2.19. The van der Waals surface area contributed by atoms with E-state index in [9.17, 15) is 18.0 Å². The van der Waals surface area contributed by atoms with Crippen LogP contribution in [0.15, 0.2) is 24.3 Å². The highest BCUT2D eigenvalue weighted by atomic mass is 19.4. The van der Waals surface area contributed by atoms with Crippen molar-refractivity contribution in [3.63, 3.8) is 0 Å². The Kier molecular flexibility index (Phi) is 4.80. The van der Waals surface area contributed by atoms with E-state index in [0.29, 0.717) is 0 Å². The van der Waals surface area contributed by atoms with E-state index >= 15 is 0 Å². The van der Waals surface area contributed by atoms with Crippen LogP contribution in [-0.2, 0) is 6.18 Å². The first kappa shape index (κ1) is 15.3. The first-order valence-corrected chi connectivity index (χ1v) is 5.95. The Morgan fingerprint density at radius 2 is 1.74 bits per heavy atom. The molecule has 6 heteroatoms. The number of anilines is 1. The molecule has 0 aliphatic rings. The summed E-state index contributed by atoms with van der Waals surface area (Å²) < 4.78 is 38.2. The summed E-state index contributed by atoms with van der Waals surface area (Å²) in [6.45, 7) is 5.61. The normalized spacial score (nSPS) is 13.2. The lowest BCUT2D eigenvalue weighted by molar-refractivity contribution is -0.136. The van der Waals surface area contributed by atoms with E-state index in [1.807, 2.05) is 13.8 Å². The van der Waals surface area contributed by atoms with Crippen LogP contribution in [-0.4, -0.2) is 12.1 Å². The predicted molar refractivity (Wildman–Crippen MR) is 67.9 cm³/mol. The van der Waals surface area contributed by atoms with Gasteiger partial charge in [-0.1, -0.05) is 26.0 Å². The first-order valence-electron chi connectivity index (χ1n) is 5.95. The van der Waals surface area contributed by atoms with Gasteiger partial charge < -0.3 is 10.6 Å². The largest absolute Gasteiger partial charge is 0.418 e. The molecule has 3 nitrogen and oxygen atoms in total. The summed E-state index contributed by atoms with van der Waals surface area (Å²) in [6, 6.07) is 4.11. The first-order chi connectivity index (χ1) is 8.71. The van der Waals surface area contributed by atoms with Crippen LogP contribution >= 0.6 is 0 Å². The number of halogens is 3. The van der Waals surface area contributed by atoms with E-state index in [2.05, 4.69) is 10.6 Å². The molecule has 2 amide bonds. The van der Waals surface area contributed by atoms with Gasteiger partial charge in [-0.3, -0.25) is 0 Å². The van der Waals surface area contributed by atoms with Crippen LogP contribution in [0.3, 0.4) is 0 Å². The molecule has 0 bridgehead atoms. The van der Waals surface area contributed by atoms with Crippen LogP contribution in [0, 0.1) is 5.92 Å². The number of hydrogen-bond acceptors (Lipinski definition) is 1. The predicted octanol–water partition coefficient (Wildman–Crippen LogP) is 3.87. The zero-order chi connectivity index (χ0) is 14.6. The fraction of sp³-hybridized carbons (Fsp3) is 0.462. The third-order valence-electron chi connectivity index (χ3n) is 2.84. The smallest absolute Gasteiger partial charge is 0.335 e. The average molecular weight is 274 g/mol. The maximum atomic E-state index is 12.7. The van der Waals surface area contributed by atoms with Gasteiger partial charge in [0, 0.05) is 6.04 Å². The van der Waals surface area contributed by atoms with Crippen LogP contribution < -0.4 is 10.6 Å². The summed E-state index contributed by atoms with van der Waals surface area (Å²) in [6.07, 6.45) is -4.49. The minimum absolute atomic E-state index is 0.127. The highest BCUT2D eigenvalue weighted by Gasteiger charge is 2.33. The molecule has 0 saturated carbocycles. The molecular formula is C13H17F3N2O. The number of hydrogen-bond donors (Lipinski definition) is 2. The molecule has 1 unspecified atom stereocenters. The zero-order valence-electron chi connectivity index (χ0n) is 11.0. The van der Waals surface area contributed by atoms with Crippen LogP contribution in [0.25, 0.3) is 0 Å². The number of carbonyl (C=O) groups excluding carboxylic acids is 1. The van der Waals surface area contributed by atoms with Crippen molar-refractivity contribution in [3.8, 4) is 0 Å². The van der Waals surface area contributed by atoms with Crippen molar-refractivity contribution >= 4 is 11.7 Å². The molecule has 0 aliphatic heterocycles. The van der Waals surface area contributed by atoms with Crippen LogP contribution in [0.4, 0.5) is 23.7 Å². The Morgan fingerprint density at radius 3 is 2.26 bits per heavy atom. The van der Waals surface area contributed by atoms with Gasteiger partial charge in [-0.25, -0.2) is 4.79 Å². The maximum Gasteiger partial charge on any atom is 0.418 e. The topological polar surface area (TPSA) is 41.1 Å². The van der Waals surface area contributed by atoms with E-state index in [1.165, 1.54) is 18.2 Å². The molecule has 1 aromatic carbocycles. The molecule has 2 N–H and O–H groups in total. The monoisotopic (exact) mass is 274 g/mol. The minimum Gasteiger partial charge on any atom is -0.335 e. The SMILES string of the molecule is CC(C)C(C)NC(=O)Nc1ccccc1C(F)(F)F. The highest BCUT2D eigenvalue weighted by molar-refractivity contribution is 5.90. The molecule has 1 rings (SSSR count). The Morgan fingerprint density at radius 1 is 1.16 bits per heavy atom. The second kappa shape index (κ2) is 5.95. The molecule has 0 aromatic heterocycles. The Bertz CT molecular complexity index is 444. The summed E-state index contributed by atoms with van der Waals surface area (Å²) in [5.41, 5.74) is -1.11. The van der Waals surface area contributed by atoms with E-state index in [1.54, 1.807) is 6.92 Å². The minimum atomic E-state index is -4.49. The van der Waals surface area contributed by atoms with E-state index in [4.69, 9.17) is 0 Å². The number of para-hydroxylation sites is 1. The Balaban J connectivity index is 2.80. The third kappa shape index (κ3) is 4.46. The van der Waals surface area contributed by atoms with Crippen LogP contribution in [0.1, 0.15) is 26.3 Å². The summed E-state index contributed by atoms with van der Waals surface area (Å²) in [4.78, 5) is 11.6. The van der Waals surface area contributed by atoms with E-state index in [-0.39, 0.29) is 17.6 Å². The molecule has 0 spiro atoms. The summed E-state index contributed by atoms with van der Waals surface area (Å²) in [5.74, 6) is 0.198. The van der Waals surface area contributed by atoms with Crippen molar-refractivity contribution in [2.45, 2.75) is 33.0 Å². The lowest BCUT2D eigenvalue weighted by atomic mass is 10.1. The van der Waals surface area contributed by atoms with Crippen molar-refractivity contribution in [1.29, 1.82) is 0 Å². The summed E-state index contributed by atoms with van der Waals surface area (Å²) in [7, 11) is 0. The number of benzene rings is 1. The number of rotatable bonds is 3. The van der Waals surface area contributed by atoms with Crippen molar-refractivity contribution in [3.05, 3.63) is 29.8 Å². The fourth-order valence-electron chi connectivity index (χ4n) is 1.37. The number of amides is 2. The van der Waals surface area contributed by atoms with Crippen LogP contribution in [0.2, 0.25) is 0 Å². The molecule has 0 aliphatic carbocycles. The van der Waals surface area contributed by atoms with Gasteiger partial charge in [-0.2, -0.15) is 13.2 Å². The number of nitrogens with one attached hydrogen (secondary N) is 2. The third-order valence-corrected chi connectivity index (χ3v) is 2.84. The molecule has 0 saturated heterocycles. The molecule has 0 radical (unpaired) electrons. The highest BCUT2D eigenvalue weighted by Crippen LogP contribution is 2.34. The van der Waals surface area contributed by atoms with Gasteiger partial charge in [0.05, 0.1) is 11.3 Å². The van der Waals surface area contributed by atoms with Gasteiger partial charge in [-0.05, 0) is 25.0 Å². The van der Waals surface area contributed by atoms with Crippen LogP contribution in [0.5, 0.6) is 0 Å². The molecular weight excluding hydrogens is 257 g/mol. The maximum absolute atomic E-state index is 12.7. The standard InChI is InChI=1S/C13H17F3N2O/c1-8(2)9(3)17-12(19)18-11-7-5-4-6-10(11)13(14,15)16/h4-9H,1-3H3,(H2,17,18,19). The Hall–Kier alpha value is -1.72. The second-order valence-electron chi connectivity index (χ2n) is 4.67. The van der Waals surface area contributed by atoms with Gasteiger partial charge in [0.25, 0.3) is 0 Å². The molecule has 1 atom stereocenters. The van der Waals surface area contributed by atoms with E-state index < -0.39 is 17.8 Å². The number of urea groups is 1. The molecule has 106 valence electrons. The lowest BCUT2D eigenvalue weighted by Crippen LogP contribution is -2.39. The Labute approximate surface area is 110 Å². The van der Waals surface area contributed by atoms with Gasteiger partial charge in [0.15, 0.2) is 0 Å². The fourth-order valence-corrected chi connectivity index (χ4v) is 1.37. The van der Waals surface area contributed by atoms with Gasteiger partial charge in [0.1, 0.15) is 0 Å². The number of carbonyl (C=O) groups is 1. The zero-order valence-corrected chi connectivity index (χ0v) is 11.0. The molecule has 1 aromatic rings. The van der Waals surface area contributed by atoms with Crippen molar-refractivity contribution in [2.75, 3.05) is 5.32 Å². The molecule has 0 fully saturated rings. The van der Waals surface area contributed by atoms with Gasteiger partial charge in [0.2, 0.25) is 0 Å². The van der Waals surface area contributed by atoms with Crippen molar-refractivity contribution in [2.24, 2.45) is 5.92 Å².